The largest absolute Gasteiger partial charge is 0.419 e. The van der Waals surface area contributed by atoms with Crippen LogP contribution in [0.3, 0.4) is 0 Å². The van der Waals surface area contributed by atoms with Crippen LogP contribution in [0.4, 0.5) is 4.39 Å². The quantitative estimate of drug-likeness (QED) is 0.300. The number of halogens is 1. The average molecular weight is 364 g/mol. The van der Waals surface area contributed by atoms with Crippen LogP contribution >= 0.6 is 0 Å². The lowest BCUT2D eigenvalue weighted by molar-refractivity contribution is -0.222. The molecule has 1 heterocycles. The van der Waals surface area contributed by atoms with Gasteiger partial charge in [-0.25, -0.2) is 14.0 Å². The molecule has 0 aliphatic carbocycles. The number of rotatable bonds is 8. The summed E-state index contributed by atoms with van der Waals surface area (Å²) in [6, 6.07) is 4.10. The highest BCUT2D eigenvalue weighted by atomic mass is 19.1. The van der Waals surface area contributed by atoms with Crippen molar-refractivity contribution in [2.45, 2.75) is 58.8 Å². The van der Waals surface area contributed by atoms with Gasteiger partial charge in [-0.05, 0) is 35.8 Å². The molecule has 0 atom stereocenters. The first-order valence-electron chi connectivity index (χ1n) is 8.87. The van der Waals surface area contributed by atoms with Crippen molar-refractivity contribution >= 4 is 18.0 Å². The van der Waals surface area contributed by atoms with E-state index in [2.05, 4.69) is 6.92 Å². The smallest absolute Gasteiger partial charge is 0.348 e. The molecule has 1 fully saturated rings. The van der Waals surface area contributed by atoms with E-state index in [1.807, 2.05) is 0 Å². The van der Waals surface area contributed by atoms with Crippen molar-refractivity contribution in [2.75, 3.05) is 6.61 Å². The molecule has 0 aromatic heterocycles. The van der Waals surface area contributed by atoms with Crippen molar-refractivity contribution in [1.82, 2.24) is 0 Å². The van der Waals surface area contributed by atoms with Crippen molar-refractivity contribution < 1.29 is 28.2 Å². The van der Waals surface area contributed by atoms with Crippen LogP contribution in [0.15, 0.2) is 23.8 Å². The normalized spacial score (nSPS) is 16.2. The van der Waals surface area contributed by atoms with E-state index in [0.717, 1.165) is 25.7 Å². The van der Waals surface area contributed by atoms with E-state index in [4.69, 9.17) is 14.2 Å². The van der Waals surface area contributed by atoms with Gasteiger partial charge in [0, 0.05) is 20.5 Å². The minimum atomic E-state index is -1.29. The summed E-state index contributed by atoms with van der Waals surface area (Å²) in [5.74, 6) is -3.23. The van der Waals surface area contributed by atoms with Gasteiger partial charge in [-0.1, -0.05) is 32.3 Å². The van der Waals surface area contributed by atoms with Crippen LogP contribution < -0.4 is 0 Å². The SMILES string of the molecule is CCCCCCOCc1cc(F)ccc1C=C1C(=O)OC(C)(C)OC1=O. The van der Waals surface area contributed by atoms with Gasteiger partial charge in [0.1, 0.15) is 11.4 Å². The van der Waals surface area contributed by atoms with Gasteiger partial charge >= 0.3 is 11.9 Å². The number of hydrogen-bond donors (Lipinski definition) is 0. The molecule has 1 aromatic carbocycles. The molecule has 5 nitrogen and oxygen atoms in total. The molecule has 1 aliphatic heterocycles. The average Bonchev–Trinajstić information content (AvgIpc) is 2.55. The van der Waals surface area contributed by atoms with Crippen molar-refractivity contribution in [3.8, 4) is 0 Å². The molecule has 1 saturated heterocycles. The summed E-state index contributed by atoms with van der Waals surface area (Å²) >= 11 is 0. The van der Waals surface area contributed by atoms with E-state index in [1.54, 1.807) is 0 Å². The second-order valence-electron chi connectivity index (χ2n) is 6.69. The van der Waals surface area contributed by atoms with Gasteiger partial charge in [0.05, 0.1) is 6.61 Å². The fourth-order valence-corrected chi connectivity index (χ4v) is 2.59. The molecule has 6 heteroatoms. The molecule has 1 aliphatic rings. The van der Waals surface area contributed by atoms with Gasteiger partial charge in [-0.3, -0.25) is 0 Å². The van der Waals surface area contributed by atoms with Crippen molar-refractivity contribution in [3.05, 3.63) is 40.7 Å². The standard InChI is InChI=1S/C20H25FO5/c1-4-5-6-7-10-24-13-15-11-16(21)9-8-14(15)12-17-18(22)25-20(2,3)26-19(17)23/h8-9,11-12H,4-7,10,13H2,1-3H3. The zero-order chi connectivity index (χ0) is 19.2. The third-order valence-electron chi connectivity index (χ3n) is 3.92. The third-order valence-corrected chi connectivity index (χ3v) is 3.92. The van der Waals surface area contributed by atoms with Crippen LogP contribution in [-0.4, -0.2) is 24.3 Å². The second kappa shape index (κ2) is 8.94. The number of hydrogen-bond acceptors (Lipinski definition) is 5. The van der Waals surface area contributed by atoms with E-state index < -0.39 is 23.5 Å². The van der Waals surface area contributed by atoms with Crippen LogP contribution in [0.5, 0.6) is 0 Å². The third kappa shape index (κ3) is 5.66. The first kappa shape index (κ1) is 20.1. The zero-order valence-corrected chi connectivity index (χ0v) is 15.5. The van der Waals surface area contributed by atoms with Crippen LogP contribution in [0.1, 0.15) is 57.6 Å². The number of carbonyl (C=O) groups excluding carboxylic acids is 2. The highest BCUT2D eigenvalue weighted by Gasteiger charge is 2.38. The molecule has 0 spiro atoms. The van der Waals surface area contributed by atoms with Crippen molar-refractivity contribution in [1.29, 1.82) is 0 Å². The molecule has 0 bridgehead atoms. The monoisotopic (exact) mass is 364 g/mol. The van der Waals surface area contributed by atoms with E-state index >= 15 is 0 Å². The maximum atomic E-state index is 13.6. The first-order valence-corrected chi connectivity index (χ1v) is 8.87. The van der Waals surface area contributed by atoms with Gasteiger partial charge in [0.15, 0.2) is 0 Å². The number of esters is 2. The predicted molar refractivity (Wildman–Crippen MR) is 94.4 cm³/mol. The predicted octanol–water partition coefficient (Wildman–Crippen LogP) is 4.14. The van der Waals surface area contributed by atoms with E-state index in [9.17, 15) is 14.0 Å². The minimum absolute atomic E-state index is 0.193. The molecule has 0 unspecified atom stereocenters. The van der Waals surface area contributed by atoms with Crippen LogP contribution in [0.25, 0.3) is 6.08 Å². The molecule has 0 saturated carbocycles. The van der Waals surface area contributed by atoms with E-state index in [0.29, 0.717) is 17.7 Å². The lowest BCUT2D eigenvalue weighted by atomic mass is 10.0. The Morgan fingerprint density at radius 3 is 2.46 bits per heavy atom. The fraction of sp³-hybridized carbons (Fsp3) is 0.500. The number of unbranched alkanes of at least 4 members (excludes halogenated alkanes) is 3. The van der Waals surface area contributed by atoms with Crippen LogP contribution in [-0.2, 0) is 30.4 Å². The Morgan fingerprint density at radius 2 is 1.81 bits per heavy atom. The maximum absolute atomic E-state index is 13.6. The summed E-state index contributed by atoms with van der Waals surface area (Å²) in [5.41, 5.74) is 0.849. The summed E-state index contributed by atoms with van der Waals surface area (Å²) < 4.78 is 29.4. The fourth-order valence-electron chi connectivity index (χ4n) is 2.59. The number of benzene rings is 1. The van der Waals surface area contributed by atoms with Gasteiger partial charge in [-0.15, -0.1) is 0 Å². The summed E-state index contributed by atoms with van der Waals surface area (Å²) in [4.78, 5) is 24.1. The highest BCUT2D eigenvalue weighted by molar-refractivity contribution is 6.18. The molecular weight excluding hydrogens is 339 g/mol. The molecule has 142 valence electrons. The summed E-state index contributed by atoms with van der Waals surface area (Å²) in [5, 5.41) is 0. The Bertz CT molecular complexity index is 671. The van der Waals surface area contributed by atoms with Gasteiger partial charge in [0.25, 0.3) is 5.79 Å². The molecule has 0 radical (unpaired) electrons. The van der Waals surface area contributed by atoms with Crippen LogP contribution in [0, 0.1) is 5.82 Å². The van der Waals surface area contributed by atoms with Crippen molar-refractivity contribution in [2.24, 2.45) is 0 Å². The van der Waals surface area contributed by atoms with E-state index in [1.165, 1.54) is 38.1 Å². The summed E-state index contributed by atoms with van der Waals surface area (Å²) in [7, 11) is 0. The maximum Gasteiger partial charge on any atom is 0.348 e. The topological polar surface area (TPSA) is 61.8 Å². The zero-order valence-electron chi connectivity index (χ0n) is 15.5. The molecule has 26 heavy (non-hydrogen) atoms. The Labute approximate surface area is 153 Å². The summed E-state index contributed by atoms with van der Waals surface area (Å²) in [6.45, 7) is 5.86. The summed E-state index contributed by atoms with van der Waals surface area (Å²) in [6.07, 6.45) is 5.68. The first-order chi connectivity index (χ1) is 12.3. The lowest BCUT2D eigenvalue weighted by Crippen LogP contribution is -2.41. The van der Waals surface area contributed by atoms with Crippen molar-refractivity contribution in [3.63, 3.8) is 0 Å². The Morgan fingerprint density at radius 1 is 1.12 bits per heavy atom. The second-order valence-corrected chi connectivity index (χ2v) is 6.69. The Balaban J connectivity index is 2.11. The van der Waals surface area contributed by atoms with Crippen LogP contribution in [0.2, 0.25) is 0 Å². The molecule has 0 amide bonds. The highest BCUT2D eigenvalue weighted by Crippen LogP contribution is 2.25. The van der Waals surface area contributed by atoms with Gasteiger partial charge in [0.2, 0.25) is 0 Å². The Hall–Kier alpha value is -2.21. The molecule has 0 N–H and O–H groups in total. The Kier molecular flexibility index (Phi) is 6.91. The number of carbonyl (C=O) groups is 2. The molecular formula is C20H25FO5. The van der Waals surface area contributed by atoms with Gasteiger partial charge < -0.3 is 14.2 Å². The van der Waals surface area contributed by atoms with Gasteiger partial charge in [-0.2, -0.15) is 0 Å². The molecule has 2 rings (SSSR count). The van der Waals surface area contributed by atoms with E-state index in [-0.39, 0.29) is 12.2 Å². The lowest BCUT2D eigenvalue weighted by Gasteiger charge is -2.29. The minimum Gasteiger partial charge on any atom is -0.419 e. The molecule has 1 aromatic rings. The number of ether oxygens (including phenoxy) is 3. The number of cyclic esters (lactones) is 2.